The topological polar surface area (TPSA) is 187 Å². The molecule has 3 aromatic rings. The van der Waals surface area contributed by atoms with Crippen molar-refractivity contribution in [3.63, 3.8) is 0 Å². The van der Waals surface area contributed by atoms with Crippen LogP contribution in [0.1, 0.15) is 25.0 Å². The van der Waals surface area contributed by atoms with Gasteiger partial charge in [-0.25, -0.2) is 48.7 Å². The standard InChI is InChI=1S/C30H16F10N2O10S2/c1-3-49-29(43)13(9-41)5-11-7-16(52-54(47,48)28-25(39)21(35)18(32)22(36)26(28)40)12(6-14(10-42)30(44)50-4-2)8-15(11)51-53(45,46)27-23(37)19(33)17(31)20(34)24(27)38/h5,7-8,14H,3-4,6H2,1-2H3/b13-5+. The minimum atomic E-state index is -6.28. The third-order valence-corrected chi connectivity index (χ3v) is 9.01. The van der Waals surface area contributed by atoms with Gasteiger partial charge in [0.05, 0.1) is 19.3 Å². The van der Waals surface area contributed by atoms with E-state index >= 15 is 0 Å². The lowest BCUT2D eigenvalue weighted by molar-refractivity contribution is -0.146. The first kappa shape index (κ1) is 42.5. The average Bonchev–Trinajstić information content (AvgIpc) is 3.10. The number of nitriles is 2. The molecule has 0 radical (unpaired) electrons. The SMILES string of the molecule is CCOC(=O)/C(C#N)=C/c1cc(OS(=O)(=O)c2c(F)c(F)c(F)c(F)c2F)c(CC(C#N)C(=O)OCC)cc1OS(=O)(=O)c1c(F)c(F)c(F)c(F)c1F. The summed E-state index contributed by atoms with van der Waals surface area (Å²) in [4.78, 5) is 19.5. The van der Waals surface area contributed by atoms with E-state index in [1.807, 2.05) is 0 Å². The molecule has 3 rings (SSSR count). The van der Waals surface area contributed by atoms with Crippen LogP contribution < -0.4 is 8.37 Å². The first-order valence-electron chi connectivity index (χ1n) is 14.0. The van der Waals surface area contributed by atoms with E-state index in [9.17, 15) is 80.9 Å². The van der Waals surface area contributed by atoms with E-state index in [-0.39, 0.29) is 18.2 Å². The number of ether oxygens (including phenoxy) is 2. The van der Waals surface area contributed by atoms with Gasteiger partial charge in [-0.05, 0) is 32.1 Å². The molecular weight excluding hydrogens is 802 g/mol. The summed E-state index contributed by atoms with van der Waals surface area (Å²) in [7, 11) is -12.6. The van der Waals surface area contributed by atoms with Gasteiger partial charge in [0.25, 0.3) is 0 Å². The summed E-state index contributed by atoms with van der Waals surface area (Å²) >= 11 is 0. The maximum absolute atomic E-state index is 14.6. The van der Waals surface area contributed by atoms with Gasteiger partial charge in [-0.2, -0.15) is 27.4 Å². The van der Waals surface area contributed by atoms with Gasteiger partial charge in [-0.15, -0.1) is 0 Å². The molecule has 24 heteroatoms. The number of carbonyl (C=O) groups excluding carboxylic acids is 2. The second-order valence-corrected chi connectivity index (χ2v) is 12.9. The number of hydrogen-bond donors (Lipinski definition) is 0. The summed E-state index contributed by atoms with van der Waals surface area (Å²) in [6, 6.07) is 3.01. The number of benzene rings is 3. The molecule has 1 unspecified atom stereocenters. The summed E-state index contributed by atoms with van der Waals surface area (Å²) in [5.41, 5.74) is -3.31. The monoisotopic (exact) mass is 818 g/mol. The van der Waals surface area contributed by atoms with Crippen LogP contribution in [0.5, 0.6) is 11.5 Å². The Kier molecular flexibility index (Phi) is 12.9. The molecular formula is C30H16F10N2O10S2. The number of nitrogens with zero attached hydrogens (tertiary/aromatic N) is 2. The molecule has 0 saturated carbocycles. The van der Waals surface area contributed by atoms with Gasteiger partial charge in [0.15, 0.2) is 62.1 Å². The quantitative estimate of drug-likeness (QED) is 0.0411. The van der Waals surface area contributed by atoms with Crippen molar-refractivity contribution in [2.45, 2.75) is 30.1 Å². The van der Waals surface area contributed by atoms with E-state index in [2.05, 4.69) is 17.8 Å². The van der Waals surface area contributed by atoms with Crippen molar-refractivity contribution < 1.29 is 88.2 Å². The van der Waals surface area contributed by atoms with Gasteiger partial charge < -0.3 is 17.8 Å². The van der Waals surface area contributed by atoms with Gasteiger partial charge in [-0.1, -0.05) is 0 Å². The number of hydrogen-bond acceptors (Lipinski definition) is 12. The fourth-order valence-corrected chi connectivity index (χ4v) is 6.29. The molecule has 54 heavy (non-hydrogen) atoms. The molecule has 0 fully saturated rings. The minimum Gasteiger partial charge on any atom is -0.465 e. The predicted octanol–water partition coefficient (Wildman–Crippen LogP) is 5.33. The summed E-state index contributed by atoms with van der Waals surface area (Å²) < 4.78 is 212. The summed E-state index contributed by atoms with van der Waals surface area (Å²) in [6.07, 6.45) is -0.931. The van der Waals surface area contributed by atoms with Crippen molar-refractivity contribution in [2.75, 3.05) is 13.2 Å². The van der Waals surface area contributed by atoms with Crippen LogP contribution in [0.3, 0.4) is 0 Å². The molecule has 0 saturated heterocycles. The van der Waals surface area contributed by atoms with Crippen LogP contribution in [0, 0.1) is 86.8 Å². The van der Waals surface area contributed by atoms with E-state index in [1.165, 1.54) is 26.0 Å². The van der Waals surface area contributed by atoms with Gasteiger partial charge in [0.2, 0.25) is 11.6 Å². The second kappa shape index (κ2) is 16.4. The normalized spacial score (nSPS) is 12.4. The predicted molar refractivity (Wildman–Crippen MR) is 154 cm³/mol. The Morgan fingerprint density at radius 3 is 1.46 bits per heavy atom. The first-order valence-corrected chi connectivity index (χ1v) is 16.8. The highest BCUT2D eigenvalue weighted by Crippen LogP contribution is 2.38. The smallest absolute Gasteiger partial charge is 0.348 e. The molecule has 0 amide bonds. The van der Waals surface area contributed by atoms with E-state index < -0.39 is 154 Å². The molecule has 288 valence electrons. The average molecular weight is 819 g/mol. The summed E-state index contributed by atoms with van der Waals surface area (Å²) in [5.74, 6) is -36.4. The summed E-state index contributed by atoms with van der Waals surface area (Å²) in [5, 5.41) is 19.1. The van der Waals surface area contributed by atoms with Crippen LogP contribution >= 0.6 is 0 Å². The molecule has 3 aromatic carbocycles. The number of carbonyl (C=O) groups is 2. The van der Waals surface area contributed by atoms with Crippen molar-refractivity contribution in [3.05, 3.63) is 87.0 Å². The molecule has 12 nitrogen and oxygen atoms in total. The largest absolute Gasteiger partial charge is 0.465 e. The third-order valence-electron chi connectivity index (χ3n) is 6.50. The van der Waals surface area contributed by atoms with Crippen LogP contribution in [0.2, 0.25) is 0 Å². The van der Waals surface area contributed by atoms with E-state index in [4.69, 9.17) is 0 Å². The Morgan fingerprint density at radius 2 is 1.07 bits per heavy atom. The maximum atomic E-state index is 14.6. The lowest BCUT2D eigenvalue weighted by atomic mass is 9.97. The molecule has 0 aliphatic carbocycles. The van der Waals surface area contributed by atoms with E-state index in [0.717, 1.165) is 0 Å². The molecule has 0 aliphatic heterocycles. The number of rotatable bonds is 13. The second-order valence-electron chi connectivity index (χ2n) is 9.90. The van der Waals surface area contributed by atoms with Crippen LogP contribution in [-0.2, 0) is 45.7 Å². The van der Waals surface area contributed by atoms with Gasteiger partial charge in [0, 0.05) is 17.5 Å². The third kappa shape index (κ3) is 8.34. The van der Waals surface area contributed by atoms with Gasteiger partial charge >= 0.3 is 32.2 Å². The molecule has 0 aromatic heterocycles. The molecule has 0 N–H and O–H groups in total. The Hall–Kier alpha value is -5.88. The molecule has 0 heterocycles. The van der Waals surface area contributed by atoms with Gasteiger partial charge in [-0.3, -0.25) is 4.79 Å². The van der Waals surface area contributed by atoms with Crippen molar-refractivity contribution in [1.82, 2.24) is 0 Å². The molecule has 0 bridgehead atoms. The Bertz CT molecular complexity index is 2350. The zero-order valence-corrected chi connectivity index (χ0v) is 28.1. The Balaban J connectivity index is 2.49. The molecule has 0 aliphatic rings. The van der Waals surface area contributed by atoms with Crippen molar-refractivity contribution >= 4 is 38.3 Å². The highest BCUT2D eigenvalue weighted by molar-refractivity contribution is 7.87. The van der Waals surface area contributed by atoms with Gasteiger partial charge in [0.1, 0.15) is 23.3 Å². The maximum Gasteiger partial charge on any atom is 0.348 e. The Labute approximate surface area is 296 Å². The van der Waals surface area contributed by atoms with Crippen molar-refractivity contribution in [3.8, 4) is 23.6 Å². The minimum absolute atomic E-state index is 0.179. The van der Waals surface area contributed by atoms with Crippen LogP contribution in [0.25, 0.3) is 6.08 Å². The molecule has 0 spiro atoms. The van der Waals surface area contributed by atoms with Crippen LogP contribution in [0.4, 0.5) is 43.9 Å². The van der Waals surface area contributed by atoms with Crippen LogP contribution in [-0.4, -0.2) is 42.0 Å². The fraction of sp³-hybridized carbons (Fsp3) is 0.200. The van der Waals surface area contributed by atoms with E-state index in [0.29, 0.717) is 0 Å². The number of esters is 2. The highest BCUT2D eigenvalue weighted by atomic mass is 32.2. The van der Waals surface area contributed by atoms with Crippen molar-refractivity contribution in [2.24, 2.45) is 5.92 Å². The summed E-state index contributed by atoms with van der Waals surface area (Å²) in [6.45, 7) is 1.67. The highest BCUT2D eigenvalue weighted by Gasteiger charge is 2.38. The first-order chi connectivity index (χ1) is 25.1. The molecule has 1 atom stereocenters. The lowest BCUT2D eigenvalue weighted by Crippen LogP contribution is -2.21. The zero-order valence-electron chi connectivity index (χ0n) is 26.5. The Morgan fingerprint density at radius 1 is 0.667 bits per heavy atom. The zero-order chi connectivity index (χ0) is 41.0. The van der Waals surface area contributed by atoms with Crippen LogP contribution in [0.15, 0.2) is 27.5 Å². The van der Waals surface area contributed by atoms with Crippen molar-refractivity contribution in [1.29, 1.82) is 10.5 Å². The number of halogens is 10. The fourth-order valence-electron chi connectivity index (χ4n) is 4.11. The lowest BCUT2D eigenvalue weighted by Gasteiger charge is -2.18. The van der Waals surface area contributed by atoms with E-state index in [1.54, 1.807) is 0 Å².